The van der Waals surface area contributed by atoms with Gasteiger partial charge in [0.1, 0.15) is 5.82 Å². The van der Waals surface area contributed by atoms with E-state index in [4.69, 9.17) is 5.73 Å². The van der Waals surface area contributed by atoms with E-state index in [1.165, 1.54) is 0 Å². The Balaban J connectivity index is 2.64. The summed E-state index contributed by atoms with van der Waals surface area (Å²) >= 11 is 0. The summed E-state index contributed by atoms with van der Waals surface area (Å²) < 4.78 is 0. The van der Waals surface area contributed by atoms with Gasteiger partial charge in [0.2, 0.25) is 0 Å². The lowest BCUT2D eigenvalue weighted by Gasteiger charge is -2.14. The number of nitrogens with zero attached hydrogens (tertiary/aromatic N) is 2. The molecule has 0 saturated heterocycles. The second-order valence-electron chi connectivity index (χ2n) is 2.69. The molecule has 5 nitrogen and oxygen atoms in total. The molecule has 5 heteroatoms. The van der Waals surface area contributed by atoms with Crippen LogP contribution in [0.5, 0.6) is 0 Å². The molecular formula is C8H15N5. The molecule has 0 saturated carbocycles. The van der Waals surface area contributed by atoms with E-state index >= 15 is 0 Å². The summed E-state index contributed by atoms with van der Waals surface area (Å²) in [5, 5.41) is 3.05. The third-order valence-electron chi connectivity index (χ3n) is 1.82. The van der Waals surface area contributed by atoms with Gasteiger partial charge in [0.15, 0.2) is 5.96 Å². The number of rotatable bonds is 3. The molecule has 0 aliphatic heterocycles. The fourth-order valence-electron chi connectivity index (χ4n) is 1.07. The van der Waals surface area contributed by atoms with Crippen LogP contribution in [0.25, 0.3) is 0 Å². The number of hydrogen-bond donors (Lipinski definition) is 3. The molecular weight excluding hydrogens is 166 g/mol. The van der Waals surface area contributed by atoms with Gasteiger partial charge in [0.05, 0.1) is 6.04 Å². The fourth-order valence-corrected chi connectivity index (χ4v) is 1.07. The van der Waals surface area contributed by atoms with E-state index in [2.05, 4.69) is 27.2 Å². The van der Waals surface area contributed by atoms with Crippen LogP contribution in [0.4, 0.5) is 0 Å². The first kappa shape index (κ1) is 9.57. The highest BCUT2D eigenvalue weighted by atomic mass is 15.1. The number of guanidine groups is 1. The quantitative estimate of drug-likeness (QED) is 0.466. The largest absolute Gasteiger partial charge is 0.370 e. The van der Waals surface area contributed by atoms with Crippen LogP contribution in [-0.4, -0.2) is 23.0 Å². The minimum Gasteiger partial charge on any atom is -0.370 e. The Morgan fingerprint density at radius 3 is 3.08 bits per heavy atom. The van der Waals surface area contributed by atoms with Crippen molar-refractivity contribution in [1.29, 1.82) is 0 Å². The summed E-state index contributed by atoms with van der Waals surface area (Å²) in [6.07, 6.45) is 4.42. The van der Waals surface area contributed by atoms with Gasteiger partial charge in [0.25, 0.3) is 0 Å². The van der Waals surface area contributed by atoms with Crippen molar-refractivity contribution in [1.82, 2.24) is 15.3 Å². The fraction of sp³-hybridized carbons (Fsp3) is 0.500. The summed E-state index contributed by atoms with van der Waals surface area (Å²) in [7, 11) is 1.65. The van der Waals surface area contributed by atoms with Gasteiger partial charge in [-0.25, -0.2) is 4.98 Å². The molecule has 0 amide bonds. The summed E-state index contributed by atoms with van der Waals surface area (Å²) in [4.78, 5) is 11.0. The Bertz CT molecular complexity index is 264. The lowest BCUT2D eigenvalue weighted by molar-refractivity contribution is 0.589. The Hall–Kier alpha value is -1.52. The predicted octanol–water partition coefficient (Wildman–Crippen LogP) is 0.395. The monoisotopic (exact) mass is 181 g/mol. The zero-order chi connectivity index (χ0) is 9.68. The van der Waals surface area contributed by atoms with E-state index in [1.807, 2.05) is 0 Å². The van der Waals surface area contributed by atoms with Gasteiger partial charge in [-0.2, -0.15) is 0 Å². The number of aromatic amines is 1. The third kappa shape index (κ3) is 2.47. The van der Waals surface area contributed by atoms with Crippen LogP contribution in [-0.2, 0) is 0 Å². The number of H-pyrrole nitrogens is 1. The number of hydrogen-bond acceptors (Lipinski definition) is 2. The minimum absolute atomic E-state index is 0.110. The maximum Gasteiger partial charge on any atom is 0.188 e. The molecule has 1 atom stereocenters. The second-order valence-corrected chi connectivity index (χ2v) is 2.69. The van der Waals surface area contributed by atoms with Crippen molar-refractivity contribution in [3.05, 3.63) is 18.2 Å². The van der Waals surface area contributed by atoms with Gasteiger partial charge in [-0.3, -0.25) is 4.99 Å². The van der Waals surface area contributed by atoms with Crippen LogP contribution in [0.15, 0.2) is 17.4 Å². The summed E-state index contributed by atoms with van der Waals surface area (Å²) in [6, 6.07) is 0.110. The van der Waals surface area contributed by atoms with E-state index in [-0.39, 0.29) is 6.04 Å². The van der Waals surface area contributed by atoms with Crippen LogP contribution in [0.1, 0.15) is 25.2 Å². The van der Waals surface area contributed by atoms with Gasteiger partial charge in [-0.1, -0.05) is 6.92 Å². The maximum atomic E-state index is 5.55. The van der Waals surface area contributed by atoms with Crippen molar-refractivity contribution in [3.63, 3.8) is 0 Å². The molecule has 0 aliphatic rings. The molecule has 4 N–H and O–H groups in total. The number of aromatic nitrogens is 2. The molecule has 1 rings (SSSR count). The standard InChI is InChI=1S/C8H15N5/c1-3-6(13-8(9)10-2)7-11-4-5-12-7/h4-6H,3H2,1-2H3,(H,11,12)(H3,9,10,13). The van der Waals surface area contributed by atoms with Crippen molar-refractivity contribution >= 4 is 5.96 Å². The van der Waals surface area contributed by atoms with E-state index in [0.717, 1.165) is 12.2 Å². The topological polar surface area (TPSA) is 79.1 Å². The molecule has 1 heterocycles. The van der Waals surface area contributed by atoms with Gasteiger partial charge in [0, 0.05) is 19.4 Å². The molecule has 0 radical (unpaired) electrons. The lowest BCUT2D eigenvalue weighted by Crippen LogP contribution is -2.35. The third-order valence-corrected chi connectivity index (χ3v) is 1.82. The smallest absolute Gasteiger partial charge is 0.188 e. The van der Waals surface area contributed by atoms with Gasteiger partial charge in [-0.15, -0.1) is 0 Å². The summed E-state index contributed by atoms with van der Waals surface area (Å²) in [6.45, 7) is 2.06. The minimum atomic E-state index is 0.110. The van der Waals surface area contributed by atoms with Crippen molar-refractivity contribution in [2.24, 2.45) is 10.7 Å². The normalized spacial score (nSPS) is 14.2. The number of aliphatic imine (C=N–C) groups is 1. The van der Waals surface area contributed by atoms with Crippen LogP contribution in [0, 0.1) is 0 Å². The maximum absolute atomic E-state index is 5.55. The zero-order valence-corrected chi connectivity index (χ0v) is 7.91. The molecule has 0 bridgehead atoms. The second kappa shape index (κ2) is 4.49. The van der Waals surface area contributed by atoms with Crippen molar-refractivity contribution in [2.75, 3.05) is 7.05 Å². The number of nitrogens with one attached hydrogen (secondary N) is 2. The van der Waals surface area contributed by atoms with Gasteiger partial charge in [-0.05, 0) is 6.42 Å². The van der Waals surface area contributed by atoms with Gasteiger partial charge >= 0.3 is 0 Å². The highest BCUT2D eigenvalue weighted by Gasteiger charge is 2.10. The first-order chi connectivity index (χ1) is 6.27. The Labute approximate surface area is 77.5 Å². The van der Waals surface area contributed by atoms with Crippen molar-refractivity contribution in [2.45, 2.75) is 19.4 Å². The first-order valence-corrected chi connectivity index (χ1v) is 4.26. The van der Waals surface area contributed by atoms with Crippen molar-refractivity contribution in [3.8, 4) is 0 Å². The lowest BCUT2D eigenvalue weighted by atomic mass is 10.2. The van der Waals surface area contributed by atoms with Gasteiger partial charge < -0.3 is 16.0 Å². The highest BCUT2D eigenvalue weighted by molar-refractivity contribution is 5.77. The molecule has 1 aromatic heterocycles. The molecule has 1 aromatic rings. The van der Waals surface area contributed by atoms with E-state index in [0.29, 0.717) is 5.96 Å². The van der Waals surface area contributed by atoms with E-state index < -0.39 is 0 Å². The van der Waals surface area contributed by atoms with E-state index in [1.54, 1.807) is 19.4 Å². The van der Waals surface area contributed by atoms with Crippen LogP contribution < -0.4 is 11.1 Å². The van der Waals surface area contributed by atoms with E-state index in [9.17, 15) is 0 Å². The van der Waals surface area contributed by atoms with Crippen LogP contribution >= 0.6 is 0 Å². The molecule has 0 spiro atoms. The molecule has 0 aliphatic carbocycles. The predicted molar refractivity (Wildman–Crippen MR) is 52.3 cm³/mol. The zero-order valence-electron chi connectivity index (χ0n) is 7.91. The van der Waals surface area contributed by atoms with Crippen LogP contribution in [0.2, 0.25) is 0 Å². The summed E-state index contributed by atoms with van der Waals surface area (Å²) in [5.74, 6) is 1.32. The molecule has 0 aromatic carbocycles. The average molecular weight is 181 g/mol. The molecule has 0 fully saturated rings. The number of imidazole rings is 1. The Kier molecular flexibility index (Phi) is 3.31. The molecule has 13 heavy (non-hydrogen) atoms. The van der Waals surface area contributed by atoms with Crippen molar-refractivity contribution < 1.29 is 0 Å². The highest BCUT2D eigenvalue weighted by Crippen LogP contribution is 2.10. The summed E-state index contributed by atoms with van der Waals surface area (Å²) in [5.41, 5.74) is 5.55. The molecule has 72 valence electrons. The molecule has 1 unspecified atom stereocenters. The average Bonchev–Trinajstić information content (AvgIpc) is 2.66. The SMILES string of the molecule is CCC(NC(N)=NC)c1ncc[nH]1. The number of nitrogens with two attached hydrogens (primary N) is 1. The Morgan fingerprint density at radius 1 is 1.85 bits per heavy atom. The Morgan fingerprint density at radius 2 is 2.62 bits per heavy atom. The first-order valence-electron chi connectivity index (χ1n) is 4.26. The van der Waals surface area contributed by atoms with Crippen LogP contribution in [0.3, 0.4) is 0 Å².